The minimum Gasteiger partial charge on any atom is -0.507 e. The summed E-state index contributed by atoms with van der Waals surface area (Å²) in [5, 5.41) is 26.5. The van der Waals surface area contributed by atoms with Crippen LogP contribution >= 0.6 is 0 Å². The van der Waals surface area contributed by atoms with E-state index in [1.54, 1.807) is 16.6 Å². The second-order valence-corrected chi connectivity index (χ2v) is 6.43. The van der Waals surface area contributed by atoms with Gasteiger partial charge in [-0.3, -0.25) is 0 Å². The molecule has 0 saturated carbocycles. The van der Waals surface area contributed by atoms with E-state index in [1.165, 1.54) is 0 Å². The zero-order valence-electron chi connectivity index (χ0n) is 14.9. The van der Waals surface area contributed by atoms with E-state index in [2.05, 4.69) is 21.5 Å². The number of phenols is 1. The third-order valence-corrected chi connectivity index (χ3v) is 4.43. The van der Waals surface area contributed by atoms with E-state index >= 15 is 0 Å². The minimum atomic E-state index is 0.328. The topological polar surface area (TPSA) is 86.2 Å². The van der Waals surface area contributed by atoms with Crippen molar-refractivity contribution in [3.63, 3.8) is 0 Å². The molecule has 2 N–H and O–H groups in total. The molecule has 2 heterocycles. The molecule has 27 heavy (non-hydrogen) atoms. The Hall–Kier alpha value is -3.85. The molecule has 4 rings (SSSR count). The van der Waals surface area contributed by atoms with Gasteiger partial charge in [0, 0.05) is 17.4 Å². The summed E-state index contributed by atoms with van der Waals surface area (Å²) in [6.45, 7) is 3.78. The predicted octanol–water partition coefficient (Wildman–Crippen LogP) is 4.33. The molecular weight excluding hydrogens is 338 g/mol. The highest BCUT2D eigenvalue weighted by Crippen LogP contribution is 2.29. The smallest absolute Gasteiger partial charge is 0.247 e. The van der Waals surface area contributed by atoms with Crippen LogP contribution in [-0.2, 0) is 0 Å². The number of pyridine rings is 1. The molecule has 0 fully saturated rings. The molecule has 0 aliphatic heterocycles. The monoisotopic (exact) mass is 355 g/mol. The summed E-state index contributed by atoms with van der Waals surface area (Å²) in [6, 6.07) is 17.0. The normalized spacial score (nSPS) is 10.7. The molecule has 4 aromatic rings. The number of aryl methyl sites for hydroxylation is 2. The number of nitrogens with zero attached hydrogens (tertiary/aromatic N) is 4. The molecule has 0 aliphatic carbocycles. The number of phenolic OH excluding ortho intramolecular Hbond substituents is 1. The van der Waals surface area contributed by atoms with Crippen LogP contribution in [0.2, 0.25) is 0 Å². The summed E-state index contributed by atoms with van der Waals surface area (Å²) in [5.74, 6) is 0.810. The SMILES string of the molecule is Cc1cc(-c2ccc3nc(Nc4ccc(C#N)cc4)nn3c2)cc(C)c1O. The number of hydrogen-bond donors (Lipinski definition) is 2. The van der Waals surface area contributed by atoms with Crippen LogP contribution in [0.3, 0.4) is 0 Å². The molecule has 132 valence electrons. The van der Waals surface area contributed by atoms with Gasteiger partial charge in [-0.15, -0.1) is 5.10 Å². The molecule has 0 unspecified atom stereocenters. The first-order valence-corrected chi connectivity index (χ1v) is 8.48. The van der Waals surface area contributed by atoms with Crippen LogP contribution in [-0.4, -0.2) is 19.7 Å². The highest BCUT2D eigenvalue weighted by atomic mass is 16.3. The van der Waals surface area contributed by atoms with Gasteiger partial charge in [0.25, 0.3) is 0 Å². The third kappa shape index (κ3) is 3.18. The van der Waals surface area contributed by atoms with Gasteiger partial charge in [0.1, 0.15) is 5.75 Å². The van der Waals surface area contributed by atoms with Gasteiger partial charge >= 0.3 is 0 Å². The number of anilines is 2. The Labute approximate surface area is 156 Å². The van der Waals surface area contributed by atoms with Crippen molar-refractivity contribution >= 4 is 17.3 Å². The number of nitriles is 1. The molecule has 0 bridgehead atoms. The number of rotatable bonds is 3. The van der Waals surface area contributed by atoms with Crippen LogP contribution in [0.25, 0.3) is 16.8 Å². The second kappa shape index (κ2) is 6.46. The maximum absolute atomic E-state index is 9.97. The number of aromatic nitrogens is 3. The van der Waals surface area contributed by atoms with Crippen molar-refractivity contribution in [2.24, 2.45) is 0 Å². The van der Waals surface area contributed by atoms with Gasteiger partial charge in [-0.1, -0.05) is 0 Å². The van der Waals surface area contributed by atoms with E-state index in [1.807, 2.05) is 56.4 Å². The zero-order chi connectivity index (χ0) is 19.0. The van der Waals surface area contributed by atoms with Crippen molar-refractivity contribution in [3.8, 4) is 22.9 Å². The summed E-state index contributed by atoms with van der Waals surface area (Å²) in [5.41, 5.74) is 5.83. The molecule has 2 aromatic carbocycles. The highest BCUT2D eigenvalue weighted by molar-refractivity contribution is 5.68. The maximum atomic E-state index is 9.97. The molecule has 0 saturated heterocycles. The Balaban J connectivity index is 1.66. The van der Waals surface area contributed by atoms with E-state index in [-0.39, 0.29) is 0 Å². The van der Waals surface area contributed by atoms with Gasteiger partial charge < -0.3 is 10.4 Å². The van der Waals surface area contributed by atoms with E-state index in [9.17, 15) is 5.11 Å². The van der Waals surface area contributed by atoms with Crippen molar-refractivity contribution in [1.82, 2.24) is 14.6 Å². The molecular formula is C21H17N5O. The van der Waals surface area contributed by atoms with E-state index in [4.69, 9.17) is 5.26 Å². The van der Waals surface area contributed by atoms with Gasteiger partial charge in [-0.25, -0.2) is 4.52 Å². The van der Waals surface area contributed by atoms with E-state index in [0.29, 0.717) is 17.3 Å². The average Bonchev–Trinajstić information content (AvgIpc) is 3.07. The largest absolute Gasteiger partial charge is 0.507 e. The standard InChI is InChI=1S/C21H17N5O/c1-13-9-17(10-14(2)20(13)27)16-5-8-19-24-21(25-26(19)12-16)23-18-6-3-15(11-22)4-7-18/h3-10,12,27H,1-2H3,(H,23,25). The van der Waals surface area contributed by atoms with Gasteiger partial charge in [-0.2, -0.15) is 10.2 Å². The first kappa shape index (κ1) is 16.6. The Morgan fingerprint density at radius 1 is 1.00 bits per heavy atom. The van der Waals surface area contributed by atoms with Crippen LogP contribution in [0.4, 0.5) is 11.6 Å². The Morgan fingerprint density at radius 3 is 2.37 bits per heavy atom. The lowest BCUT2D eigenvalue weighted by molar-refractivity contribution is 0.467. The molecule has 0 spiro atoms. The predicted molar refractivity (Wildman–Crippen MR) is 104 cm³/mol. The summed E-state index contributed by atoms with van der Waals surface area (Å²) < 4.78 is 1.72. The van der Waals surface area contributed by atoms with Gasteiger partial charge in [-0.05, 0) is 79.1 Å². The maximum Gasteiger partial charge on any atom is 0.247 e. The van der Waals surface area contributed by atoms with Gasteiger partial charge in [0.05, 0.1) is 11.6 Å². The molecule has 2 aromatic heterocycles. The second-order valence-electron chi connectivity index (χ2n) is 6.43. The fourth-order valence-electron chi connectivity index (χ4n) is 2.99. The van der Waals surface area contributed by atoms with Gasteiger partial charge in [0.15, 0.2) is 5.65 Å². The van der Waals surface area contributed by atoms with Crippen molar-refractivity contribution in [1.29, 1.82) is 5.26 Å². The summed E-state index contributed by atoms with van der Waals surface area (Å²) >= 11 is 0. The first-order valence-electron chi connectivity index (χ1n) is 8.48. The first-order chi connectivity index (χ1) is 13.0. The summed E-state index contributed by atoms with van der Waals surface area (Å²) in [6.07, 6.45) is 1.91. The lowest BCUT2D eigenvalue weighted by Crippen LogP contribution is -1.93. The molecule has 0 aliphatic rings. The van der Waals surface area contributed by atoms with Crippen LogP contribution in [0.5, 0.6) is 5.75 Å². The quantitative estimate of drug-likeness (QED) is 0.571. The third-order valence-electron chi connectivity index (χ3n) is 4.43. The van der Waals surface area contributed by atoms with Crippen molar-refractivity contribution in [2.45, 2.75) is 13.8 Å². The summed E-state index contributed by atoms with van der Waals surface area (Å²) in [4.78, 5) is 4.47. The Morgan fingerprint density at radius 2 is 1.70 bits per heavy atom. The number of fused-ring (bicyclic) bond motifs is 1. The van der Waals surface area contributed by atoms with Crippen LogP contribution < -0.4 is 5.32 Å². The lowest BCUT2D eigenvalue weighted by atomic mass is 10.0. The van der Waals surface area contributed by atoms with Crippen molar-refractivity contribution < 1.29 is 5.11 Å². The van der Waals surface area contributed by atoms with Crippen LogP contribution in [0.15, 0.2) is 54.7 Å². The molecule has 0 radical (unpaired) electrons. The Bertz CT molecular complexity index is 1160. The fraction of sp³-hybridized carbons (Fsp3) is 0.0952. The molecule has 0 amide bonds. The van der Waals surface area contributed by atoms with Crippen molar-refractivity contribution in [3.05, 3.63) is 71.4 Å². The number of nitrogens with one attached hydrogen (secondary N) is 1. The molecule has 6 heteroatoms. The fourth-order valence-corrected chi connectivity index (χ4v) is 2.99. The summed E-state index contributed by atoms with van der Waals surface area (Å²) in [7, 11) is 0. The lowest BCUT2D eigenvalue weighted by Gasteiger charge is -2.08. The number of benzene rings is 2. The van der Waals surface area contributed by atoms with E-state index < -0.39 is 0 Å². The molecule has 6 nitrogen and oxygen atoms in total. The Kier molecular flexibility index (Phi) is 3.98. The minimum absolute atomic E-state index is 0.328. The molecule has 0 atom stereocenters. The van der Waals surface area contributed by atoms with E-state index in [0.717, 1.165) is 33.6 Å². The zero-order valence-corrected chi connectivity index (χ0v) is 14.9. The van der Waals surface area contributed by atoms with Crippen LogP contribution in [0, 0.1) is 25.2 Å². The number of hydrogen-bond acceptors (Lipinski definition) is 5. The van der Waals surface area contributed by atoms with Gasteiger partial charge in [0.2, 0.25) is 5.95 Å². The highest BCUT2D eigenvalue weighted by Gasteiger charge is 2.09. The van der Waals surface area contributed by atoms with Crippen molar-refractivity contribution in [2.75, 3.05) is 5.32 Å². The number of aromatic hydroxyl groups is 1. The average molecular weight is 355 g/mol. The van der Waals surface area contributed by atoms with Crippen LogP contribution in [0.1, 0.15) is 16.7 Å².